The van der Waals surface area contributed by atoms with Gasteiger partial charge in [-0.3, -0.25) is 5.43 Å². The van der Waals surface area contributed by atoms with E-state index in [-0.39, 0.29) is 0 Å². The molecule has 0 aliphatic rings. The van der Waals surface area contributed by atoms with Gasteiger partial charge in [0.15, 0.2) is 0 Å². The second kappa shape index (κ2) is 9.49. The molecule has 0 spiro atoms. The fourth-order valence-electron chi connectivity index (χ4n) is 0.973. The molecule has 1 N–H and O–H groups in total. The summed E-state index contributed by atoms with van der Waals surface area (Å²) in [6.45, 7) is 6.22. The number of allylic oxidation sites excluding steroid dienone is 3. The Hall–Kier alpha value is -0.600. The zero-order chi connectivity index (χ0) is 9.94. The molecule has 2 heteroatoms. The number of nitrogens with one attached hydrogen (secondary N) is 1. The summed E-state index contributed by atoms with van der Waals surface area (Å²) < 4.78 is 0. The van der Waals surface area contributed by atoms with E-state index in [1.54, 1.807) is 0 Å². The van der Waals surface area contributed by atoms with Crippen LogP contribution in [0.25, 0.3) is 0 Å². The number of hydrogen-bond acceptors (Lipinski definition) is 2. The van der Waals surface area contributed by atoms with Gasteiger partial charge in [-0.15, -0.1) is 0 Å². The topological polar surface area (TPSA) is 15.3 Å². The van der Waals surface area contributed by atoms with Gasteiger partial charge in [0.25, 0.3) is 0 Å². The fourth-order valence-corrected chi connectivity index (χ4v) is 0.973. The summed E-state index contributed by atoms with van der Waals surface area (Å²) in [5.74, 6) is 0. The molecule has 0 heterocycles. The predicted molar refractivity (Wildman–Crippen MR) is 59.5 cm³/mol. The Morgan fingerprint density at radius 2 is 1.85 bits per heavy atom. The molecule has 0 aromatic carbocycles. The van der Waals surface area contributed by atoms with Gasteiger partial charge in [0.2, 0.25) is 0 Å². The molecule has 0 radical (unpaired) electrons. The van der Waals surface area contributed by atoms with Crippen LogP contribution in [-0.2, 0) is 0 Å². The van der Waals surface area contributed by atoms with Crippen molar-refractivity contribution in [2.45, 2.75) is 26.7 Å². The molecule has 0 saturated heterocycles. The first-order chi connectivity index (χ1) is 6.31. The summed E-state index contributed by atoms with van der Waals surface area (Å²) in [5.41, 5.74) is 3.21. The van der Waals surface area contributed by atoms with Crippen LogP contribution < -0.4 is 5.43 Å². The van der Waals surface area contributed by atoms with E-state index in [2.05, 4.69) is 48.6 Å². The van der Waals surface area contributed by atoms with Crippen LogP contribution in [0.2, 0.25) is 0 Å². The van der Waals surface area contributed by atoms with E-state index < -0.39 is 0 Å². The molecule has 0 amide bonds. The molecule has 0 aromatic heterocycles. The zero-order valence-corrected chi connectivity index (χ0v) is 9.09. The van der Waals surface area contributed by atoms with Crippen LogP contribution in [0.3, 0.4) is 0 Å². The van der Waals surface area contributed by atoms with Gasteiger partial charge in [0.05, 0.1) is 0 Å². The molecule has 0 aliphatic carbocycles. The SMILES string of the molecule is CCCC=CC=CCN(C)NCC. The van der Waals surface area contributed by atoms with Crippen molar-refractivity contribution in [3.63, 3.8) is 0 Å². The zero-order valence-electron chi connectivity index (χ0n) is 9.09. The molecular weight excluding hydrogens is 160 g/mol. The van der Waals surface area contributed by atoms with Crippen LogP contribution in [0.15, 0.2) is 24.3 Å². The average molecular weight is 182 g/mol. The number of unbranched alkanes of at least 4 members (excludes halogenated alkanes) is 1. The van der Waals surface area contributed by atoms with Gasteiger partial charge in [-0.05, 0) is 6.42 Å². The normalized spacial score (nSPS) is 12.3. The van der Waals surface area contributed by atoms with Crippen molar-refractivity contribution in [3.05, 3.63) is 24.3 Å². The molecule has 0 atom stereocenters. The van der Waals surface area contributed by atoms with Gasteiger partial charge in [-0.1, -0.05) is 44.6 Å². The lowest BCUT2D eigenvalue weighted by atomic mass is 10.3. The van der Waals surface area contributed by atoms with Crippen molar-refractivity contribution in [1.29, 1.82) is 0 Å². The molecule has 2 nitrogen and oxygen atoms in total. The summed E-state index contributed by atoms with van der Waals surface area (Å²) in [5, 5.41) is 2.07. The maximum atomic E-state index is 3.21. The second-order valence-corrected chi connectivity index (χ2v) is 3.04. The van der Waals surface area contributed by atoms with Crippen molar-refractivity contribution in [1.82, 2.24) is 10.4 Å². The maximum Gasteiger partial charge on any atom is 0.0311 e. The quantitative estimate of drug-likeness (QED) is 0.480. The Balaban J connectivity index is 3.39. The molecule has 0 unspecified atom stereocenters. The highest BCUT2D eigenvalue weighted by Gasteiger charge is 1.87. The molecule has 0 fully saturated rings. The second-order valence-electron chi connectivity index (χ2n) is 3.04. The van der Waals surface area contributed by atoms with Gasteiger partial charge in [0, 0.05) is 20.1 Å². The summed E-state index contributed by atoms with van der Waals surface area (Å²) in [6, 6.07) is 0. The van der Waals surface area contributed by atoms with E-state index in [0.29, 0.717) is 0 Å². The lowest BCUT2D eigenvalue weighted by molar-refractivity contribution is 0.268. The standard InChI is InChI=1S/C11H22N2/c1-4-6-7-8-9-10-11-13(3)12-5-2/h7-10,12H,4-6,11H2,1-3H3. The van der Waals surface area contributed by atoms with Crippen LogP contribution in [0.4, 0.5) is 0 Å². The van der Waals surface area contributed by atoms with Crippen LogP contribution >= 0.6 is 0 Å². The van der Waals surface area contributed by atoms with Crippen molar-refractivity contribution in [3.8, 4) is 0 Å². The fraction of sp³-hybridized carbons (Fsp3) is 0.636. The highest BCUT2D eigenvalue weighted by atomic mass is 15.5. The Kier molecular flexibility index (Phi) is 9.05. The van der Waals surface area contributed by atoms with Crippen LogP contribution in [0.5, 0.6) is 0 Å². The van der Waals surface area contributed by atoms with Crippen LogP contribution in [-0.4, -0.2) is 25.1 Å². The molecule has 0 aliphatic heterocycles. The van der Waals surface area contributed by atoms with Crippen molar-refractivity contribution >= 4 is 0 Å². The Labute approximate surface area is 82.3 Å². The third-order valence-corrected chi connectivity index (χ3v) is 1.65. The third-order valence-electron chi connectivity index (χ3n) is 1.65. The van der Waals surface area contributed by atoms with E-state index in [9.17, 15) is 0 Å². The first-order valence-corrected chi connectivity index (χ1v) is 5.07. The predicted octanol–water partition coefficient (Wildman–Crippen LogP) is 2.36. The first kappa shape index (κ1) is 12.4. The molecular formula is C11H22N2. The number of rotatable bonds is 7. The number of hydrogen-bond donors (Lipinski definition) is 1. The lowest BCUT2D eigenvalue weighted by Crippen LogP contribution is -2.33. The minimum absolute atomic E-state index is 0.949. The number of hydrazine groups is 1. The van der Waals surface area contributed by atoms with Gasteiger partial charge in [-0.25, -0.2) is 5.01 Å². The highest BCUT2D eigenvalue weighted by Crippen LogP contribution is 1.88. The van der Waals surface area contributed by atoms with Crippen LogP contribution in [0, 0.1) is 0 Å². The summed E-state index contributed by atoms with van der Waals surface area (Å²) in [7, 11) is 2.05. The molecule has 0 bridgehead atoms. The monoisotopic (exact) mass is 182 g/mol. The van der Waals surface area contributed by atoms with Crippen molar-refractivity contribution < 1.29 is 0 Å². The van der Waals surface area contributed by atoms with Gasteiger partial charge >= 0.3 is 0 Å². The minimum atomic E-state index is 0.949. The summed E-state index contributed by atoms with van der Waals surface area (Å²) in [4.78, 5) is 0. The van der Waals surface area contributed by atoms with E-state index in [4.69, 9.17) is 0 Å². The molecule has 76 valence electrons. The maximum absolute atomic E-state index is 3.21. The van der Waals surface area contributed by atoms with E-state index in [1.165, 1.54) is 12.8 Å². The van der Waals surface area contributed by atoms with Gasteiger partial charge in [0.1, 0.15) is 0 Å². The molecule has 0 aromatic rings. The Morgan fingerprint density at radius 1 is 1.15 bits per heavy atom. The molecule has 0 rings (SSSR count). The number of nitrogens with zero attached hydrogens (tertiary/aromatic N) is 1. The lowest BCUT2D eigenvalue weighted by Gasteiger charge is -2.13. The van der Waals surface area contributed by atoms with E-state index >= 15 is 0 Å². The van der Waals surface area contributed by atoms with Gasteiger partial charge in [-0.2, -0.15) is 0 Å². The number of likely N-dealkylation sites (N-methyl/N-ethyl adjacent to an activating group) is 1. The largest absolute Gasteiger partial charge is 0.255 e. The Morgan fingerprint density at radius 3 is 2.46 bits per heavy atom. The van der Waals surface area contributed by atoms with Crippen molar-refractivity contribution in [2.75, 3.05) is 20.1 Å². The van der Waals surface area contributed by atoms with Gasteiger partial charge < -0.3 is 0 Å². The highest BCUT2D eigenvalue weighted by molar-refractivity contribution is 5.02. The first-order valence-electron chi connectivity index (χ1n) is 5.07. The van der Waals surface area contributed by atoms with Crippen LogP contribution in [0.1, 0.15) is 26.7 Å². The summed E-state index contributed by atoms with van der Waals surface area (Å²) in [6.07, 6.45) is 11.0. The Bertz CT molecular complexity index is 150. The summed E-state index contributed by atoms with van der Waals surface area (Å²) >= 11 is 0. The van der Waals surface area contributed by atoms with E-state index in [0.717, 1.165) is 13.1 Å². The van der Waals surface area contributed by atoms with Crippen molar-refractivity contribution in [2.24, 2.45) is 0 Å². The van der Waals surface area contributed by atoms with E-state index in [1.807, 2.05) is 7.05 Å². The molecule has 0 saturated carbocycles. The average Bonchev–Trinajstić information content (AvgIpc) is 2.11. The smallest absolute Gasteiger partial charge is 0.0311 e. The molecule has 13 heavy (non-hydrogen) atoms. The minimum Gasteiger partial charge on any atom is -0.255 e. The third kappa shape index (κ3) is 9.31.